The molecule has 0 radical (unpaired) electrons. The molecule has 0 aromatic carbocycles. The number of aromatic nitrogens is 2. The Morgan fingerprint density at radius 2 is 1.87 bits per heavy atom. The van der Waals surface area contributed by atoms with Crippen LogP contribution in [0.1, 0.15) is 58.6 Å². The smallest absolute Gasteiger partial charge is 0.225 e. The number of anilines is 1. The molecule has 5 heteroatoms. The van der Waals surface area contributed by atoms with Crippen LogP contribution < -0.4 is 5.32 Å². The maximum atomic E-state index is 12.4. The van der Waals surface area contributed by atoms with Crippen molar-refractivity contribution < 1.29 is 4.79 Å². The topological polar surface area (TPSA) is 58.1 Å². The van der Waals surface area contributed by atoms with Crippen LogP contribution in [-0.2, 0) is 10.2 Å². The molecule has 0 atom stereocenters. The molecule has 2 fully saturated rings. The van der Waals surface area contributed by atoms with Crippen molar-refractivity contribution >= 4 is 11.7 Å². The molecular weight excluding hydrogens is 288 g/mol. The SMILES string of the molecule is CC(C)(C)c1cc(N[C@H]2C[C@@H](C(=O)N3CCCCC3)C2)ncn1. The number of nitrogens with zero attached hydrogens (tertiary/aromatic N) is 3. The van der Waals surface area contributed by atoms with Crippen molar-refractivity contribution in [3.63, 3.8) is 0 Å². The number of hydrogen-bond donors (Lipinski definition) is 1. The van der Waals surface area contributed by atoms with Crippen LogP contribution in [-0.4, -0.2) is 39.9 Å². The zero-order chi connectivity index (χ0) is 16.4. The van der Waals surface area contributed by atoms with Gasteiger partial charge in [0, 0.05) is 36.5 Å². The van der Waals surface area contributed by atoms with Crippen LogP contribution in [0.15, 0.2) is 12.4 Å². The van der Waals surface area contributed by atoms with E-state index >= 15 is 0 Å². The van der Waals surface area contributed by atoms with Gasteiger partial charge in [0.25, 0.3) is 0 Å². The highest BCUT2D eigenvalue weighted by molar-refractivity contribution is 5.80. The molecule has 0 bridgehead atoms. The highest BCUT2D eigenvalue weighted by atomic mass is 16.2. The van der Waals surface area contributed by atoms with E-state index in [-0.39, 0.29) is 11.3 Å². The summed E-state index contributed by atoms with van der Waals surface area (Å²) >= 11 is 0. The predicted molar refractivity (Wildman–Crippen MR) is 91.3 cm³/mol. The second kappa shape index (κ2) is 6.46. The van der Waals surface area contributed by atoms with Gasteiger partial charge in [-0.1, -0.05) is 20.8 Å². The first kappa shape index (κ1) is 16.2. The van der Waals surface area contributed by atoms with Crippen LogP contribution in [0.4, 0.5) is 5.82 Å². The molecule has 0 spiro atoms. The van der Waals surface area contributed by atoms with E-state index in [9.17, 15) is 4.79 Å². The van der Waals surface area contributed by atoms with Crippen LogP contribution in [0, 0.1) is 5.92 Å². The fourth-order valence-electron chi connectivity index (χ4n) is 3.37. The summed E-state index contributed by atoms with van der Waals surface area (Å²) < 4.78 is 0. The quantitative estimate of drug-likeness (QED) is 0.931. The molecule has 1 aliphatic carbocycles. The molecule has 1 aromatic heterocycles. The third-order valence-electron chi connectivity index (χ3n) is 4.94. The fourth-order valence-corrected chi connectivity index (χ4v) is 3.37. The van der Waals surface area contributed by atoms with Gasteiger partial charge in [0.15, 0.2) is 0 Å². The van der Waals surface area contributed by atoms with Gasteiger partial charge in [0.2, 0.25) is 5.91 Å². The first-order valence-electron chi connectivity index (χ1n) is 8.81. The maximum Gasteiger partial charge on any atom is 0.225 e. The number of carbonyl (C=O) groups excluding carboxylic acids is 1. The van der Waals surface area contributed by atoms with Crippen molar-refractivity contribution in [2.45, 2.75) is 64.3 Å². The number of likely N-dealkylation sites (tertiary alicyclic amines) is 1. The summed E-state index contributed by atoms with van der Waals surface area (Å²) in [5.41, 5.74) is 1.06. The van der Waals surface area contributed by atoms with Gasteiger partial charge in [-0.05, 0) is 32.1 Å². The maximum absolute atomic E-state index is 12.4. The minimum Gasteiger partial charge on any atom is -0.367 e. The first-order valence-corrected chi connectivity index (χ1v) is 8.81. The van der Waals surface area contributed by atoms with Crippen LogP contribution >= 0.6 is 0 Å². The van der Waals surface area contributed by atoms with Crippen LogP contribution in [0.3, 0.4) is 0 Å². The van der Waals surface area contributed by atoms with Crippen molar-refractivity contribution in [2.24, 2.45) is 5.92 Å². The van der Waals surface area contributed by atoms with E-state index in [0.717, 1.165) is 50.3 Å². The number of nitrogens with one attached hydrogen (secondary N) is 1. The third-order valence-corrected chi connectivity index (χ3v) is 4.94. The molecule has 2 heterocycles. The van der Waals surface area contributed by atoms with Crippen LogP contribution in [0.5, 0.6) is 0 Å². The molecule has 1 aliphatic heterocycles. The molecule has 2 aliphatic rings. The highest BCUT2D eigenvalue weighted by Gasteiger charge is 2.37. The van der Waals surface area contributed by atoms with Gasteiger partial charge in [-0.15, -0.1) is 0 Å². The molecule has 1 saturated carbocycles. The highest BCUT2D eigenvalue weighted by Crippen LogP contribution is 2.32. The number of hydrogen-bond acceptors (Lipinski definition) is 4. The summed E-state index contributed by atoms with van der Waals surface area (Å²) in [7, 11) is 0. The minimum absolute atomic E-state index is 0.0196. The zero-order valence-electron chi connectivity index (χ0n) is 14.5. The average molecular weight is 316 g/mol. The van der Waals surface area contributed by atoms with E-state index in [1.165, 1.54) is 6.42 Å². The van der Waals surface area contributed by atoms with Gasteiger partial charge < -0.3 is 10.2 Å². The molecule has 126 valence electrons. The first-order chi connectivity index (χ1) is 10.9. The zero-order valence-corrected chi connectivity index (χ0v) is 14.5. The van der Waals surface area contributed by atoms with Crippen molar-refractivity contribution in [3.8, 4) is 0 Å². The minimum atomic E-state index is 0.0196. The number of piperidine rings is 1. The number of rotatable bonds is 3. The third kappa shape index (κ3) is 3.82. The molecule has 1 aromatic rings. The van der Waals surface area contributed by atoms with E-state index < -0.39 is 0 Å². The summed E-state index contributed by atoms with van der Waals surface area (Å²) in [5.74, 6) is 1.44. The van der Waals surface area contributed by atoms with Crippen molar-refractivity contribution in [3.05, 3.63) is 18.1 Å². The summed E-state index contributed by atoms with van der Waals surface area (Å²) in [6.07, 6.45) is 7.06. The lowest BCUT2D eigenvalue weighted by molar-refractivity contribution is -0.139. The van der Waals surface area contributed by atoms with E-state index in [1.54, 1.807) is 6.33 Å². The summed E-state index contributed by atoms with van der Waals surface area (Å²) in [6, 6.07) is 2.39. The molecular formula is C18H28N4O. The molecule has 1 saturated heterocycles. The van der Waals surface area contributed by atoms with E-state index in [4.69, 9.17) is 0 Å². The molecule has 0 unspecified atom stereocenters. The van der Waals surface area contributed by atoms with Gasteiger partial charge in [-0.3, -0.25) is 4.79 Å². The Morgan fingerprint density at radius 3 is 2.52 bits per heavy atom. The van der Waals surface area contributed by atoms with Crippen LogP contribution in [0.25, 0.3) is 0 Å². The van der Waals surface area contributed by atoms with E-state index in [1.807, 2.05) is 6.07 Å². The van der Waals surface area contributed by atoms with Crippen molar-refractivity contribution in [2.75, 3.05) is 18.4 Å². The summed E-state index contributed by atoms with van der Waals surface area (Å²) in [5, 5.41) is 3.46. The number of carbonyl (C=O) groups is 1. The Labute approximate surface area is 138 Å². The van der Waals surface area contributed by atoms with Crippen molar-refractivity contribution in [1.29, 1.82) is 0 Å². The molecule has 1 N–H and O–H groups in total. The second-order valence-corrected chi connectivity index (χ2v) is 7.93. The lowest BCUT2D eigenvalue weighted by Crippen LogP contribution is -2.47. The van der Waals surface area contributed by atoms with Gasteiger partial charge in [-0.2, -0.15) is 0 Å². The monoisotopic (exact) mass is 316 g/mol. The standard InChI is InChI=1S/C18H28N4O/c1-18(2,3)15-11-16(20-12-19-15)21-14-9-13(10-14)17(23)22-7-5-4-6-8-22/h11-14H,4-10H2,1-3H3,(H,19,20,21)/t13-,14+. The lowest BCUT2D eigenvalue weighted by atomic mass is 9.79. The Bertz CT molecular complexity index is 554. The Balaban J connectivity index is 1.51. The van der Waals surface area contributed by atoms with Gasteiger partial charge in [-0.25, -0.2) is 9.97 Å². The van der Waals surface area contributed by atoms with E-state index in [2.05, 4.69) is 41.0 Å². The second-order valence-electron chi connectivity index (χ2n) is 7.93. The fraction of sp³-hybridized carbons (Fsp3) is 0.722. The lowest BCUT2D eigenvalue weighted by Gasteiger charge is -2.39. The molecule has 5 nitrogen and oxygen atoms in total. The summed E-state index contributed by atoms with van der Waals surface area (Å²) in [6.45, 7) is 8.35. The Hall–Kier alpha value is -1.65. The van der Waals surface area contributed by atoms with Gasteiger partial charge in [0.05, 0.1) is 5.69 Å². The van der Waals surface area contributed by atoms with Gasteiger partial charge in [0.1, 0.15) is 12.1 Å². The molecule has 1 amide bonds. The van der Waals surface area contributed by atoms with Crippen molar-refractivity contribution in [1.82, 2.24) is 14.9 Å². The average Bonchev–Trinajstić information content (AvgIpc) is 2.50. The predicted octanol–water partition coefficient (Wildman–Crippen LogP) is 2.98. The normalized spacial score (nSPS) is 24.9. The Kier molecular flexibility index (Phi) is 4.55. The van der Waals surface area contributed by atoms with Crippen LogP contribution in [0.2, 0.25) is 0 Å². The van der Waals surface area contributed by atoms with E-state index in [0.29, 0.717) is 11.9 Å². The summed E-state index contributed by atoms with van der Waals surface area (Å²) in [4.78, 5) is 23.2. The largest absolute Gasteiger partial charge is 0.367 e. The molecule has 23 heavy (non-hydrogen) atoms. The van der Waals surface area contributed by atoms with Gasteiger partial charge >= 0.3 is 0 Å². The number of amides is 1. The Morgan fingerprint density at radius 1 is 1.17 bits per heavy atom. The molecule has 3 rings (SSSR count).